The number of rotatable bonds is 2. The van der Waals surface area contributed by atoms with Gasteiger partial charge in [-0.2, -0.15) is 0 Å². The summed E-state index contributed by atoms with van der Waals surface area (Å²) >= 11 is 0. The molecule has 1 saturated heterocycles. The van der Waals surface area contributed by atoms with Crippen LogP contribution >= 0.6 is 0 Å². The minimum Gasteiger partial charge on any atom is -0.393 e. The van der Waals surface area contributed by atoms with Crippen LogP contribution in [0.1, 0.15) is 13.8 Å². The van der Waals surface area contributed by atoms with Crippen molar-refractivity contribution in [3.05, 3.63) is 24.7 Å². The Balaban J connectivity index is 2.33. The molecule has 0 bridgehead atoms. The zero-order valence-electron chi connectivity index (χ0n) is 10.8. The molecule has 4 N–H and O–H groups in total. The minimum absolute atomic E-state index is 0.229. The first-order valence-electron chi connectivity index (χ1n) is 5.88. The Morgan fingerprint density at radius 1 is 1.58 bits per heavy atom. The van der Waals surface area contributed by atoms with Crippen LogP contribution in [0.4, 0.5) is 0 Å². The molecule has 2 rings (SSSR count). The van der Waals surface area contributed by atoms with E-state index in [9.17, 15) is 20.1 Å². The van der Waals surface area contributed by atoms with Crippen LogP contribution in [0.3, 0.4) is 0 Å². The summed E-state index contributed by atoms with van der Waals surface area (Å²) < 4.78 is 5.58. The summed E-state index contributed by atoms with van der Waals surface area (Å²) in [6.07, 6.45) is 0.420. The third-order valence-corrected chi connectivity index (χ3v) is 3.55. The minimum atomic E-state index is -1.63. The summed E-state index contributed by atoms with van der Waals surface area (Å²) in [5.41, 5.74) is -2.92. The van der Waals surface area contributed by atoms with Gasteiger partial charge < -0.3 is 30.3 Å². The van der Waals surface area contributed by atoms with Crippen molar-refractivity contribution in [2.45, 2.75) is 37.4 Å². The highest BCUT2D eigenvalue weighted by molar-refractivity contribution is 5.89. The number of hydrogen-bond donors (Lipinski definition) is 4. The topological polar surface area (TPSA) is 102 Å². The van der Waals surface area contributed by atoms with Gasteiger partial charge in [-0.1, -0.05) is 6.58 Å². The molecule has 0 aromatic heterocycles. The molecule has 4 atom stereocenters. The Bertz CT molecular complexity index is 447. The molecule has 0 radical (unpaired) electrons. The summed E-state index contributed by atoms with van der Waals surface area (Å²) in [5.74, 6) is -0.100. The van der Waals surface area contributed by atoms with Gasteiger partial charge >= 0.3 is 0 Å². The number of hydrogen-bond acceptors (Lipinski definition) is 6. The van der Waals surface area contributed by atoms with E-state index in [4.69, 9.17) is 4.74 Å². The molecule has 0 unspecified atom stereocenters. The predicted octanol–water partition coefficient (Wildman–Crippen LogP) is -1.38. The van der Waals surface area contributed by atoms with E-state index in [2.05, 4.69) is 11.9 Å². The number of nitrogens with zero attached hydrogens (tertiary/aromatic N) is 1. The van der Waals surface area contributed by atoms with Gasteiger partial charge in [-0.15, -0.1) is 0 Å². The van der Waals surface area contributed by atoms with Crippen molar-refractivity contribution in [3.63, 3.8) is 0 Å². The van der Waals surface area contributed by atoms with E-state index in [1.54, 1.807) is 0 Å². The highest BCUT2D eigenvalue weighted by Gasteiger charge is 2.60. The number of amides is 1. The van der Waals surface area contributed by atoms with Crippen molar-refractivity contribution in [3.8, 4) is 0 Å². The van der Waals surface area contributed by atoms with Crippen molar-refractivity contribution in [1.29, 1.82) is 0 Å². The average Bonchev–Trinajstić information content (AvgIpc) is 2.51. The zero-order valence-corrected chi connectivity index (χ0v) is 10.8. The number of aliphatic hydroxyl groups excluding tert-OH is 2. The van der Waals surface area contributed by atoms with Crippen molar-refractivity contribution in [1.82, 2.24) is 10.2 Å². The Morgan fingerprint density at radius 3 is 2.68 bits per heavy atom. The Kier molecular flexibility index (Phi) is 3.18. The molecule has 7 heteroatoms. The number of ether oxygens (including phenoxy) is 1. The summed E-state index contributed by atoms with van der Waals surface area (Å²) in [6.45, 7) is 6.12. The Labute approximate surface area is 110 Å². The van der Waals surface area contributed by atoms with Crippen LogP contribution < -0.4 is 5.32 Å². The van der Waals surface area contributed by atoms with Gasteiger partial charge in [0.15, 0.2) is 6.23 Å². The van der Waals surface area contributed by atoms with Crippen LogP contribution in [0.5, 0.6) is 0 Å². The van der Waals surface area contributed by atoms with E-state index >= 15 is 0 Å². The Hall–Kier alpha value is -1.41. The van der Waals surface area contributed by atoms with Crippen LogP contribution in [0.15, 0.2) is 24.7 Å². The summed E-state index contributed by atoms with van der Waals surface area (Å²) in [5, 5.41) is 32.3. The first-order valence-corrected chi connectivity index (χ1v) is 5.88. The summed E-state index contributed by atoms with van der Waals surface area (Å²) in [4.78, 5) is 12.6. The van der Waals surface area contributed by atoms with E-state index in [-0.39, 0.29) is 11.7 Å². The monoisotopic (exact) mass is 270 g/mol. The van der Waals surface area contributed by atoms with Gasteiger partial charge in [0.2, 0.25) is 0 Å². The lowest BCUT2D eigenvalue weighted by Gasteiger charge is -2.37. The zero-order chi connectivity index (χ0) is 14.4. The second-order valence-electron chi connectivity index (χ2n) is 5.23. The highest BCUT2D eigenvalue weighted by atomic mass is 16.6. The molecule has 0 aliphatic carbocycles. The third-order valence-electron chi connectivity index (χ3n) is 3.55. The Morgan fingerprint density at radius 2 is 2.21 bits per heavy atom. The van der Waals surface area contributed by atoms with Crippen molar-refractivity contribution >= 4 is 5.91 Å². The molecule has 2 heterocycles. The molecule has 2 aliphatic rings. The molecule has 19 heavy (non-hydrogen) atoms. The molecular formula is C12H18N2O5. The molecule has 0 aromatic rings. The molecule has 1 amide bonds. The van der Waals surface area contributed by atoms with Gasteiger partial charge in [0.05, 0.1) is 6.61 Å². The van der Waals surface area contributed by atoms with Gasteiger partial charge in [0.25, 0.3) is 5.91 Å². The maximum Gasteiger partial charge on any atom is 0.250 e. The molecule has 1 fully saturated rings. The highest BCUT2D eigenvalue weighted by Crippen LogP contribution is 2.40. The van der Waals surface area contributed by atoms with E-state index in [0.29, 0.717) is 0 Å². The van der Waals surface area contributed by atoms with Crippen molar-refractivity contribution in [2.75, 3.05) is 6.61 Å². The van der Waals surface area contributed by atoms with E-state index < -0.39 is 30.1 Å². The summed E-state index contributed by atoms with van der Waals surface area (Å²) in [6, 6.07) is 0. The average molecular weight is 270 g/mol. The van der Waals surface area contributed by atoms with E-state index in [1.807, 2.05) is 0 Å². The van der Waals surface area contributed by atoms with Gasteiger partial charge in [-0.05, 0) is 13.8 Å². The molecule has 0 saturated carbocycles. The SMILES string of the molecule is C=C1NC(=O)C=CN1[C@@H]1O[C@](C)(CO)[C@@H](O)[C@@]1(C)O. The predicted molar refractivity (Wildman–Crippen MR) is 65.3 cm³/mol. The van der Waals surface area contributed by atoms with Gasteiger partial charge in [0, 0.05) is 12.3 Å². The molecular weight excluding hydrogens is 252 g/mol. The molecule has 106 valence electrons. The first-order chi connectivity index (χ1) is 8.72. The number of aliphatic hydroxyl groups is 3. The van der Waals surface area contributed by atoms with Crippen LogP contribution in [-0.2, 0) is 9.53 Å². The lowest BCUT2D eigenvalue weighted by atomic mass is 9.89. The van der Waals surface area contributed by atoms with Crippen LogP contribution in [-0.4, -0.2) is 56.3 Å². The second-order valence-corrected chi connectivity index (χ2v) is 5.23. The lowest BCUT2D eigenvalue weighted by Crippen LogP contribution is -2.54. The normalized spacial score (nSPS) is 42.7. The molecule has 0 aromatic carbocycles. The fourth-order valence-electron chi connectivity index (χ4n) is 2.36. The molecule has 7 nitrogen and oxygen atoms in total. The van der Waals surface area contributed by atoms with Crippen molar-refractivity contribution in [2.24, 2.45) is 0 Å². The van der Waals surface area contributed by atoms with Gasteiger partial charge in [-0.25, -0.2) is 0 Å². The van der Waals surface area contributed by atoms with Crippen LogP contribution in [0.25, 0.3) is 0 Å². The number of nitrogens with one attached hydrogen (secondary N) is 1. The summed E-state index contributed by atoms with van der Waals surface area (Å²) in [7, 11) is 0. The molecule has 0 spiro atoms. The first kappa shape index (κ1) is 14.0. The van der Waals surface area contributed by atoms with Crippen LogP contribution in [0, 0.1) is 0 Å². The van der Waals surface area contributed by atoms with Crippen LogP contribution in [0.2, 0.25) is 0 Å². The van der Waals surface area contributed by atoms with Crippen molar-refractivity contribution < 1.29 is 24.9 Å². The smallest absolute Gasteiger partial charge is 0.250 e. The largest absolute Gasteiger partial charge is 0.393 e. The maximum absolute atomic E-state index is 11.2. The van der Waals surface area contributed by atoms with Gasteiger partial charge in [-0.3, -0.25) is 4.79 Å². The number of carbonyl (C=O) groups is 1. The van der Waals surface area contributed by atoms with Gasteiger partial charge in [0.1, 0.15) is 23.1 Å². The lowest BCUT2D eigenvalue weighted by molar-refractivity contribution is -0.136. The number of carbonyl (C=O) groups excluding carboxylic acids is 1. The second kappa shape index (κ2) is 4.31. The van der Waals surface area contributed by atoms with E-state index in [0.717, 1.165) is 0 Å². The quantitative estimate of drug-likeness (QED) is 0.493. The van der Waals surface area contributed by atoms with E-state index in [1.165, 1.54) is 31.0 Å². The fraction of sp³-hybridized carbons (Fsp3) is 0.583. The maximum atomic E-state index is 11.2. The fourth-order valence-corrected chi connectivity index (χ4v) is 2.36. The standard InChI is InChI=1S/C12H18N2O5/c1-7-13-8(16)4-5-14(7)10-12(3,18)9(17)11(2,6-15)19-10/h4-5,9-10,15,17-18H,1,6H2,2-3H3,(H,13,16)/t9-,10-,11-,12-/m1/s1. The molecule has 2 aliphatic heterocycles. The third kappa shape index (κ3) is 2.04.